The van der Waals surface area contributed by atoms with Crippen molar-refractivity contribution in [2.24, 2.45) is 0 Å². The summed E-state index contributed by atoms with van der Waals surface area (Å²) in [5, 5.41) is 5.20. The molecule has 1 saturated heterocycles. The molecule has 3 aromatic rings. The standard InChI is InChI=1S/C24H25N3O4S2/c1-16-5-7-19(33(29,30)27-10-3-2-4-11-27)14-20(16)23(28)26-24-25-21(15-32-24)17-6-8-22-18(13-17)9-12-31-22/h5-8,13-15H,2-4,9-12H2,1H3,(H,25,26,28). The first-order valence-electron chi connectivity index (χ1n) is 11.1. The Bertz CT molecular complexity index is 1310. The molecular weight excluding hydrogens is 458 g/mol. The first kappa shape index (κ1) is 22.1. The van der Waals surface area contributed by atoms with Crippen molar-refractivity contribution in [3.8, 4) is 17.0 Å². The number of hydrogen-bond donors (Lipinski definition) is 1. The van der Waals surface area contributed by atoms with E-state index in [2.05, 4.69) is 16.4 Å². The smallest absolute Gasteiger partial charge is 0.257 e. The van der Waals surface area contributed by atoms with Crippen LogP contribution < -0.4 is 10.1 Å². The third kappa shape index (κ3) is 4.40. The molecule has 0 spiro atoms. The second kappa shape index (κ2) is 8.89. The van der Waals surface area contributed by atoms with Gasteiger partial charge in [0.2, 0.25) is 10.0 Å². The molecule has 0 atom stereocenters. The molecular formula is C24H25N3O4S2. The number of thiazole rings is 1. The summed E-state index contributed by atoms with van der Waals surface area (Å²) in [6.45, 7) is 3.54. The van der Waals surface area contributed by atoms with E-state index in [1.54, 1.807) is 19.1 Å². The van der Waals surface area contributed by atoms with E-state index in [4.69, 9.17) is 4.74 Å². The van der Waals surface area contributed by atoms with Crippen molar-refractivity contribution in [3.05, 3.63) is 58.5 Å². The van der Waals surface area contributed by atoms with Gasteiger partial charge in [-0.3, -0.25) is 10.1 Å². The second-order valence-corrected chi connectivity index (χ2v) is 11.2. The Labute approximate surface area is 197 Å². The van der Waals surface area contributed by atoms with Gasteiger partial charge in [0.1, 0.15) is 5.75 Å². The predicted octanol–water partition coefficient (Wildman–Crippen LogP) is 4.48. The highest BCUT2D eigenvalue weighted by molar-refractivity contribution is 7.89. The summed E-state index contributed by atoms with van der Waals surface area (Å²) >= 11 is 1.34. The van der Waals surface area contributed by atoms with E-state index in [0.717, 1.165) is 48.3 Å². The van der Waals surface area contributed by atoms with Gasteiger partial charge < -0.3 is 4.74 Å². The molecule has 0 aliphatic carbocycles. The maximum atomic E-state index is 13.0. The number of fused-ring (bicyclic) bond motifs is 1. The van der Waals surface area contributed by atoms with Gasteiger partial charge >= 0.3 is 0 Å². The highest BCUT2D eigenvalue weighted by atomic mass is 32.2. The zero-order valence-electron chi connectivity index (χ0n) is 18.3. The molecule has 5 rings (SSSR count). The van der Waals surface area contributed by atoms with Gasteiger partial charge in [-0.1, -0.05) is 12.5 Å². The third-order valence-corrected chi connectivity index (χ3v) is 8.77. The molecule has 2 aromatic carbocycles. The minimum atomic E-state index is -3.61. The lowest BCUT2D eigenvalue weighted by Crippen LogP contribution is -2.35. The van der Waals surface area contributed by atoms with Gasteiger partial charge in [-0.25, -0.2) is 13.4 Å². The minimum Gasteiger partial charge on any atom is -0.493 e. The highest BCUT2D eigenvalue weighted by Crippen LogP contribution is 2.32. The van der Waals surface area contributed by atoms with Crippen LogP contribution in [0.2, 0.25) is 0 Å². The zero-order valence-corrected chi connectivity index (χ0v) is 20.0. The van der Waals surface area contributed by atoms with Gasteiger partial charge in [-0.05, 0) is 61.2 Å². The van der Waals surface area contributed by atoms with Crippen LogP contribution in [-0.4, -0.2) is 43.3 Å². The SMILES string of the molecule is Cc1ccc(S(=O)(=O)N2CCCCC2)cc1C(=O)Nc1nc(-c2ccc3c(c2)CCO3)cs1. The van der Waals surface area contributed by atoms with E-state index < -0.39 is 10.0 Å². The van der Waals surface area contributed by atoms with Crippen molar-refractivity contribution < 1.29 is 17.9 Å². The fourth-order valence-corrected chi connectivity index (χ4v) is 6.49. The molecule has 1 fully saturated rings. The summed E-state index contributed by atoms with van der Waals surface area (Å²) in [7, 11) is -3.61. The van der Waals surface area contributed by atoms with E-state index in [1.807, 2.05) is 17.5 Å². The molecule has 0 unspecified atom stereocenters. The third-order valence-electron chi connectivity index (χ3n) is 6.12. The van der Waals surface area contributed by atoms with Crippen LogP contribution in [0.1, 0.15) is 40.7 Å². The van der Waals surface area contributed by atoms with Crippen molar-refractivity contribution in [3.63, 3.8) is 0 Å². The number of nitrogens with one attached hydrogen (secondary N) is 1. The maximum Gasteiger partial charge on any atom is 0.257 e. The number of anilines is 1. The number of hydrogen-bond acceptors (Lipinski definition) is 6. The molecule has 33 heavy (non-hydrogen) atoms. The number of carbonyl (C=O) groups is 1. The number of nitrogens with zero attached hydrogens (tertiary/aromatic N) is 2. The Hall–Kier alpha value is -2.75. The molecule has 0 saturated carbocycles. The van der Waals surface area contributed by atoms with Crippen molar-refractivity contribution in [2.45, 2.75) is 37.5 Å². The van der Waals surface area contributed by atoms with Crippen LogP contribution >= 0.6 is 11.3 Å². The molecule has 2 aliphatic heterocycles. The lowest BCUT2D eigenvalue weighted by Gasteiger charge is -2.26. The van der Waals surface area contributed by atoms with Crippen LogP contribution in [0.4, 0.5) is 5.13 Å². The quantitative estimate of drug-likeness (QED) is 0.578. The molecule has 172 valence electrons. The summed E-state index contributed by atoms with van der Waals surface area (Å²) in [6.07, 6.45) is 3.65. The number of aromatic nitrogens is 1. The van der Waals surface area contributed by atoms with E-state index in [-0.39, 0.29) is 10.8 Å². The van der Waals surface area contributed by atoms with Crippen molar-refractivity contribution in [2.75, 3.05) is 25.0 Å². The van der Waals surface area contributed by atoms with Crippen LogP contribution in [0, 0.1) is 6.92 Å². The molecule has 0 bridgehead atoms. The predicted molar refractivity (Wildman–Crippen MR) is 128 cm³/mol. The number of benzene rings is 2. The van der Waals surface area contributed by atoms with Gasteiger partial charge in [0.05, 0.1) is 17.2 Å². The van der Waals surface area contributed by atoms with Crippen LogP contribution in [0.3, 0.4) is 0 Å². The molecule has 2 aliphatic rings. The zero-order chi connectivity index (χ0) is 23.0. The Morgan fingerprint density at radius 2 is 1.94 bits per heavy atom. The Morgan fingerprint density at radius 3 is 2.76 bits per heavy atom. The largest absolute Gasteiger partial charge is 0.493 e. The topological polar surface area (TPSA) is 88.6 Å². The van der Waals surface area contributed by atoms with Crippen molar-refractivity contribution in [1.29, 1.82) is 0 Å². The lowest BCUT2D eigenvalue weighted by atomic mass is 10.1. The molecule has 7 nitrogen and oxygen atoms in total. The Balaban J connectivity index is 1.36. The monoisotopic (exact) mass is 483 g/mol. The van der Waals surface area contributed by atoms with Gasteiger partial charge in [-0.15, -0.1) is 11.3 Å². The summed E-state index contributed by atoms with van der Waals surface area (Å²) in [5.74, 6) is 0.545. The minimum absolute atomic E-state index is 0.153. The van der Waals surface area contributed by atoms with Crippen molar-refractivity contribution in [1.82, 2.24) is 9.29 Å². The van der Waals surface area contributed by atoms with E-state index in [9.17, 15) is 13.2 Å². The van der Waals surface area contributed by atoms with Gasteiger partial charge in [0, 0.05) is 36.0 Å². The molecule has 1 N–H and O–H groups in total. The van der Waals surface area contributed by atoms with Crippen molar-refractivity contribution >= 4 is 32.4 Å². The highest BCUT2D eigenvalue weighted by Gasteiger charge is 2.27. The molecule has 9 heteroatoms. The maximum absolute atomic E-state index is 13.0. The average Bonchev–Trinajstić information content (AvgIpc) is 3.48. The van der Waals surface area contributed by atoms with Gasteiger partial charge in [0.25, 0.3) is 5.91 Å². The molecule has 0 radical (unpaired) electrons. The summed E-state index contributed by atoms with van der Waals surface area (Å²) < 4.78 is 33.2. The number of aryl methyl sites for hydroxylation is 1. The molecule has 1 amide bonds. The number of sulfonamides is 1. The summed E-state index contributed by atoms with van der Waals surface area (Å²) in [5.41, 5.74) is 3.96. The molecule has 1 aromatic heterocycles. The summed E-state index contributed by atoms with van der Waals surface area (Å²) in [4.78, 5) is 17.7. The first-order chi connectivity index (χ1) is 15.9. The Morgan fingerprint density at radius 1 is 1.12 bits per heavy atom. The van der Waals surface area contributed by atoms with Crippen LogP contribution in [0.15, 0.2) is 46.7 Å². The second-order valence-electron chi connectivity index (χ2n) is 8.35. The van der Waals surface area contributed by atoms with E-state index in [0.29, 0.717) is 36.0 Å². The van der Waals surface area contributed by atoms with Crippen LogP contribution in [0.5, 0.6) is 5.75 Å². The Kier molecular flexibility index (Phi) is 5.94. The summed E-state index contributed by atoms with van der Waals surface area (Å²) in [6, 6.07) is 10.7. The number of piperidine rings is 1. The molecule has 3 heterocycles. The van der Waals surface area contributed by atoms with Crippen LogP contribution in [-0.2, 0) is 16.4 Å². The van der Waals surface area contributed by atoms with Gasteiger partial charge in [-0.2, -0.15) is 4.31 Å². The van der Waals surface area contributed by atoms with Crippen LogP contribution in [0.25, 0.3) is 11.3 Å². The number of rotatable bonds is 5. The number of ether oxygens (including phenoxy) is 1. The first-order valence-corrected chi connectivity index (χ1v) is 13.4. The fraction of sp³-hybridized carbons (Fsp3) is 0.333. The fourth-order valence-electron chi connectivity index (χ4n) is 4.23. The van der Waals surface area contributed by atoms with E-state index in [1.165, 1.54) is 21.7 Å². The van der Waals surface area contributed by atoms with E-state index >= 15 is 0 Å². The normalized spacial score (nSPS) is 16.3. The lowest BCUT2D eigenvalue weighted by molar-refractivity contribution is 0.102. The van der Waals surface area contributed by atoms with Gasteiger partial charge in [0.15, 0.2) is 5.13 Å². The number of amides is 1. The average molecular weight is 484 g/mol. The number of carbonyl (C=O) groups excluding carboxylic acids is 1.